The molecule has 2 heteroatoms. The molecule has 17 heavy (non-hydrogen) atoms. The molecule has 0 spiro atoms. The zero-order valence-electron chi connectivity index (χ0n) is 10.9. The molecule has 2 nitrogen and oxygen atoms in total. The number of hydrogen-bond acceptors (Lipinski definition) is 1. The topological polar surface area (TPSA) is 16.8 Å². The lowest BCUT2D eigenvalue weighted by molar-refractivity contribution is -0.660. The van der Waals surface area contributed by atoms with Crippen LogP contribution in [0.2, 0.25) is 0 Å². The summed E-state index contributed by atoms with van der Waals surface area (Å²) in [6.45, 7) is 6.56. The lowest BCUT2D eigenvalue weighted by Gasteiger charge is -2.08. The lowest BCUT2D eigenvalue weighted by atomic mass is 10.0. The van der Waals surface area contributed by atoms with Crippen LogP contribution in [0.3, 0.4) is 0 Å². The van der Waals surface area contributed by atoms with Crippen LogP contribution in [0.1, 0.15) is 30.9 Å². The summed E-state index contributed by atoms with van der Waals surface area (Å²) < 4.78 is 2.15. The number of aromatic nitrogens is 2. The van der Waals surface area contributed by atoms with E-state index in [0.717, 1.165) is 0 Å². The van der Waals surface area contributed by atoms with Crippen molar-refractivity contribution in [3.8, 4) is 11.3 Å². The highest BCUT2D eigenvalue weighted by Gasteiger charge is 2.14. The van der Waals surface area contributed by atoms with Crippen molar-refractivity contribution in [1.82, 2.24) is 4.98 Å². The average molecular weight is 227 g/mol. The van der Waals surface area contributed by atoms with Crippen molar-refractivity contribution in [3.63, 3.8) is 0 Å². The van der Waals surface area contributed by atoms with Crippen LogP contribution < -0.4 is 4.57 Å². The second kappa shape index (κ2) is 4.66. The van der Waals surface area contributed by atoms with Gasteiger partial charge >= 0.3 is 0 Å². The van der Waals surface area contributed by atoms with Crippen LogP contribution in [-0.4, -0.2) is 4.98 Å². The Morgan fingerprint density at radius 2 is 2.00 bits per heavy atom. The lowest BCUT2D eigenvalue weighted by Crippen LogP contribution is -2.30. The van der Waals surface area contributed by atoms with E-state index in [1.54, 1.807) is 0 Å². The fourth-order valence-electron chi connectivity index (χ4n) is 1.94. The minimum atomic E-state index is 0.548. The molecular weight excluding hydrogens is 208 g/mol. The first kappa shape index (κ1) is 11.8. The molecule has 0 aliphatic heterocycles. The molecule has 0 saturated heterocycles. The highest BCUT2D eigenvalue weighted by Crippen LogP contribution is 2.22. The van der Waals surface area contributed by atoms with Crippen LogP contribution in [0.15, 0.2) is 36.8 Å². The van der Waals surface area contributed by atoms with Crippen LogP contribution in [0.5, 0.6) is 0 Å². The summed E-state index contributed by atoms with van der Waals surface area (Å²) in [4.78, 5) is 4.22. The molecule has 88 valence electrons. The van der Waals surface area contributed by atoms with Gasteiger partial charge in [0.05, 0.1) is 5.56 Å². The fourth-order valence-corrected chi connectivity index (χ4v) is 1.94. The predicted molar refractivity (Wildman–Crippen MR) is 69.7 cm³/mol. The van der Waals surface area contributed by atoms with E-state index in [4.69, 9.17) is 0 Å². The quantitative estimate of drug-likeness (QED) is 0.721. The highest BCUT2D eigenvalue weighted by atomic mass is 14.9. The van der Waals surface area contributed by atoms with Gasteiger partial charge in [-0.2, -0.15) is 0 Å². The third-order valence-corrected chi connectivity index (χ3v) is 3.16. The van der Waals surface area contributed by atoms with E-state index >= 15 is 0 Å². The van der Waals surface area contributed by atoms with E-state index in [-0.39, 0.29) is 0 Å². The summed E-state index contributed by atoms with van der Waals surface area (Å²) in [5.41, 5.74) is 5.05. The SMILES string of the molecule is Cc1ccncc1-c1cc(C(C)C)cc[n+]1C. The van der Waals surface area contributed by atoms with E-state index in [2.05, 4.69) is 61.8 Å². The number of pyridine rings is 2. The normalized spacial score (nSPS) is 10.9. The molecule has 0 amide bonds. The Labute approximate surface area is 103 Å². The molecule has 2 aromatic heterocycles. The van der Waals surface area contributed by atoms with Crippen LogP contribution in [-0.2, 0) is 7.05 Å². The molecule has 0 bridgehead atoms. The zero-order chi connectivity index (χ0) is 12.4. The molecular formula is C15H19N2+. The molecule has 0 saturated carbocycles. The van der Waals surface area contributed by atoms with Gasteiger partial charge in [-0.15, -0.1) is 0 Å². The number of aryl methyl sites for hydroxylation is 2. The fraction of sp³-hybridized carbons (Fsp3) is 0.333. The van der Waals surface area contributed by atoms with Crippen LogP contribution in [0.4, 0.5) is 0 Å². The van der Waals surface area contributed by atoms with Crippen molar-refractivity contribution < 1.29 is 4.57 Å². The van der Waals surface area contributed by atoms with Gasteiger partial charge in [-0.25, -0.2) is 4.57 Å². The largest absolute Gasteiger partial charge is 0.264 e. The summed E-state index contributed by atoms with van der Waals surface area (Å²) in [7, 11) is 2.08. The summed E-state index contributed by atoms with van der Waals surface area (Å²) in [6.07, 6.45) is 5.90. The Balaban J connectivity index is 2.59. The summed E-state index contributed by atoms with van der Waals surface area (Å²) in [6, 6.07) is 6.49. The number of hydrogen-bond donors (Lipinski definition) is 0. The molecule has 0 atom stereocenters. The Hall–Kier alpha value is -1.70. The van der Waals surface area contributed by atoms with Gasteiger partial charge in [0, 0.05) is 24.5 Å². The zero-order valence-corrected chi connectivity index (χ0v) is 10.9. The first-order chi connectivity index (χ1) is 8.09. The average Bonchev–Trinajstić information content (AvgIpc) is 2.30. The first-order valence-electron chi connectivity index (χ1n) is 6.00. The van der Waals surface area contributed by atoms with E-state index in [0.29, 0.717) is 5.92 Å². The van der Waals surface area contributed by atoms with Crippen molar-refractivity contribution in [3.05, 3.63) is 47.9 Å². The van der Waals surface area contributed by atoms with Crippen LogP contribution in [0.25, 0.3) is 11.3 Å². The van der Waals surface area contributed by atoms with Gasteiger partial charge < -0.3 is 0 Å². The summed E-state index contributed by atoms with van der Waals surface area (Å²) in [5, 5.41) is 0. The van der Waals surface area contributed by atoms with Crippen molar-refractivity contribution in [2.24, 2.45) is 7.05 Å². The van der Waals surface area contributed by atoms with Gasteiger partial charge in [0.2, 0.25) is 5.69 Å². The van der Waals surface area contributed by atoms with Crippen molar-refractivity contribution in [2.45, 2.75) is 26.7 Å². The molecule has 0 radical (unpaired) electrons. The third kappa shape index (κ3) is 2.36. The summed E-state index contributed by atoms with van der Waals surface area (Å²) in [5.74, 6) is 0.548. The Bertz CT molecular complexity index is 530. The van der Waals surface area contributed by atoms with Crippen molar-refractivity contribution >= 4 is 0 Å². The van der Waals surface area contributed by atoms with E-state index in [1.165, 1.54) is 22.4 Å². The molecule has 2 aromatic rings. The van der Waals surface area contributed by atoms with Gasteiger partial charge in [0.1, 0.15) is 7.05 Å². The molecule has 0 N–H and O–H groups in total. The second-order valence-electron chi connectivity index (χ2n) is 4.80. The Kier molecular flexibility index (Phi) is 3.23. The first-order valence-corrected chi connectivity index (χ1v) is 6.00. The molecule has 0 aromatic carbocycles. The number of nitrogens with zero attached hydrogens (tertiary/aromatic N) is 2. The molecule has 0 fully saturated rings. The van der Waals surface area contributed by atoms with E-state index < -0.39 is 0 Å². The predicted octanol–water partition coefficient (Wildman–Crippen LogP) is 3.00. The molecule has 0 unspecified atom stereocenters. The smallest absolute Gasteiger partial charge is 0.214 e. The molecule has 2 rings (SSSR count). The highest BCUT2D eigenvalue weighted by molar-refractivity contribution is 5.60. The van der Waals surface area contributed by atoms with Crippen molar-refractivity contribution in [1.29, 1.82) is 0 Å². The van der Waals surface area contributed by atoms with E-state index in [1.807, 2.05) is 12.4 Å². The standard InChI is InChI=1S/C15H19N2/c1-11(2)13-6-8-17(4)15(9-13)14-10-16-7-5-12(14)3/h5-11H,1-4H3/q+1. The maximum absolute atomic E-state index is 4.22. The second-order valence-corrected chi connectivity index (χ2v) is 4.80. The van der Waals surface area contributed by atoms with Crippen LogP contribution >= 0.6 is 0 Å². The van der Waals surface area contributed by atoms with Gasteiger partial charge in [-0.3, -0.25) is 4.98 Å². The molecule has 2 heterocycles. The maximum Gasteiger partial charge on any atom is 0.214 e. The van der Waals surface area contributed by atoms with Crippen molar-refractivity contribution in [2.75, 3.05) is 0 Å². The Morgan fingerprint density at radius 1 is 1.24 bits per heavy atom. The van der Waals surface area contributed by atoms with Gasteiger partial charge in [-0.1, -0.05) is 13.8 Å². The number of rotatable bonds is 2. The summed E-state index contributed by atoms with van der Waals surface area (Å²) >= 11 is 0. The molecule has 0 aliphatic carbocycles. The molecule has 0 aliphatic rings. The van der Waals surface area contributed by atoms with E-state index in [9.17, 15) is 0 Å². The minimum Gasteiger partial charge on any atom is -0.264 e. The Morgan fingerprint density at radius 3 is 2.65 bits per heavy atom. The maximum atomic E-state index is 4.22. The van der Waals surface area contributed by atoms with Gasteiger partial charge in [-0.05, 0) is 30.0 Å². The van der Waals surface area contributed by atoms with Gasteiger partial charge in [0.15, 0.2) is 6.20 Å². The third-order valence-electron chi connectivity index (χ3n) is 3.16. The van der Waals surface area contributed by atoms with Crippen LogP contribution in [0, 0.1) is 6.92 Å². The minimum absolute atomic E-state index is 0.548. The van der Waals surface area contributed by atoms with Gasteiger partial charge in [0.25, 0.3) is 0 Å². The monoisotopic (exact) mass is 227 g/mol.